The van der Waals surface area contributed by atoms with Crippen molar-refractivity contribution in [3.63, 3.8) is 0 Å². The first-order valence-electron chi connectivity index (χ1n) is 10.0. The number of nitrogens with two attached hydrogens (primary N) is 1. The van der Waals surface area contributed by atoms with Gasteiger partial charge in [0, 0.05) is 17.8 Å². The molecule has 3 aromatic heterocycles. The SMILES string of the molecule is Nc1ncnc2c1c(-c1ccc(NS(=O)(=O)c3ccc(Cl)s3)c(F)c1)cn2C1CCCC1. The summed E-state index contributed by atoms with van der Waals surface area (Å²) in [4.78, 5) is 8.55. The number of sulfonamides is 1. The van der Waals surface area contributed by atoms with Gasteiger partial charge in [0.2, 0.25) is 0 Å². The van der Waals surface area contributed by atoms with Crippen molar-refractivity contribution in [1.29, 1.82) is 0 Å². The van der Waals surface area contributed by atoms with Crippen LogP contribution < -0.4 is 10.5 Å². The van der Waals surface area contributed by atoms with Crippen LogP contribution in [-0.4, -0.2) is 23.0 Å². The van der Waals surface area contributed by atoms with Crippen molar-refractivity contribution in [3.05, 3.63) is 53.0 Å². The first kappa shape index (κ1) is 21.2. The van der Waals surface area contributed by atoms with Crippen LogP contribution in [0.1, 0.15) is 31.7 Å². The second-order valence-electron chi connectivity index (χ2n) is 7.70. The van der Waals surface area contributed by atoms with Crippen LogP contribution in [0.3, 0.4) is 0 Å². The van der Waals surface area contributed by atoms with Gasteiger partial charge in [-0.3, -0.25) is 4.72 Å². The molecule has 0 saturated heterocycles. The Morgan fingerprint density at radius 1 is 1.19 bits per heavy atom. The van der Waals surface area contributed by atoms with Crippen molar-refractivity contribution in [2.24, 2.45) is 0 Å². The number of nitrogen functional groups attached to an aromatic ring is 1. The molecule has 0 aliphatic heterocycles. The number of hydrogen-bond acceptors (Lipinski definition) is 6. The molecule has 1 aliphatic rings. The first-order chi connectivity index (χ1) is 15.3. The minimum absolute atomic E-state index is 0.00975. The van der Waals surface area contributed by atoms with Crippen molar-refractivity contribution in [3.8, 4) is 11.1 Å². The Balaban J connectivity index is 1.54. The van der Waals surface area contributed by atoms with E-state index in [0.717, 1.165) is 42.7 Å². The van der Waals surface area contributed by atoms with E-state index in [1.807, 2.05) is 6.20 Å². The summed E-state index contributed by atoms with van der Waals surface area (Å²) >= 11 is 6.73. The summed E-state index contributed by atoms with van der Waals surface area (Å²) < 4.78 is 44.8. The van der Waals surface area contributed by atoms with Crippen LogP contribution in [0.4, 0.5) is 15.9 Å². The van der Waals surface area contributed by atoms with Gasteiger partial charge in [-0.25, -0.2) is 22.8 Å². The maximum Gasteiger partial charge on any atom is 0.271 e. The number of nitrogens with zero attached hydrogens (tertiary/aromatic N) is 3. The Kier molecular flexibility index (Phi) is 5.31. The molecule has 7 nitrogen and oxygen atoms in total. The molecule has 166 valence electrons. The van der Waals surface area contributed by atoms with Gasteiger partial charge in [0.05, 0.1) is 15.4 Å². The van der Waals surface area contributed by atoms with Crippen LogP contribution in [0.2, 0.25) is 4.34 Å². The number of halogens is 2. The zero-order valence-electron chi connectivity index (χ0n) is 16.8. The molecule has 3 heterocycles. The lowest BCUT2D eigenvalue weighted by Crippen LogP contribution is -2.12. The van der Waals surface area contributed by atoms with Crippen LogP contribution in [0, 0.1) is 5.82 Å². The summed E-state index contributed by atoms with van der Waals surface area (Å²) in [6, 6.07) is 7.52. The monoisotopic (exact) mass is 491 g/mol. The molecule has 0 atom stereocenters. The van der Waals surface area contributed by atoms with Gasteiger partial charge in [-0.2, -0.15) is 0 Å². The van der Waals surface area contributed by atoms with Crippen LogP contribution in [0.25, 0.3) is 22.2 Å². The second-order valence-corrected chi connectivity index (χ2v) is 11.3. The summed E-state index contributed by atoms with van der Waals surface area (Å²) in [5.74, 6) is -0.382. The van der Waals surface area contributed by atoms with Gasteiger partial charge in [-0.05, 0) is 42.7 Å². The number of hydrogen-bond donors (Lipinski definition) is 2. The molecule has 5 rings (SSSR count). The normalized spacial score (nSPS) is 14.9. The Morgan fingerprint density at radius 2 is 1.97 bits per heavy atom. The van der Waals surface area contributed by atoms with Gasteiger partial charge in [-0.15, -0.1) is 11.3 Å². The highest BCUT2D eigenvalue weighted by Gasteiger charge is 2.24. The molecule has 0 bridgehead atoms. The number of benzene rings is 1. The molecule has 0 unspecified atom stereocenters. The lowest BCUT2D eigenvalue weighted by Gasteiger charge is -2.12. The minimum atomic E-state index is -3.94. The first-order valence-corrected chi connectivity index (χ1v) is 12.7. The third-order valence-electron chi connectivity index (χ3n) is 5.69. The Labute approximate surface area is 193 Å². The molecular formula is C21H19ClFN5O2S2. The van der Waals surface area contributed by atoms with E-state index in [1.165, 1.54) is 30.6 Å². The predicted molar refractivity (Wildman–Crippen MR) is 125 cm³/mol. The van der Waals surface area contributed by atoms with E-state index in [1.54, 1.807) is 6.07 Å². The maximum absolute atomic E-state index is 15.0. The van der Waals surface area contributed by atoms with Gasteiger partial charge in [0.1, 0.15) is 27.8 Å². The molecule has 1 aliphatic carbocycles. The number of anilines is 2. The third kappa shape index (κ3) is 3.72. The van der Waals surface area contributed by atoms with Crippen molar-refractivity contribution in [1.82, 2.24) is 14.5 Å². The highest BCUT2D eigenvalue weighted by atomic mass is 35.5. The van der Waals surface area contributed by atoms with Crippen molar-refractivity contribution < 1.29 is 12.8 Å². The van der Waals surface area contributed by atoms with Gasteiger partial charge < -0.3 is 10.3 Å². The van der Waals surface area contributed by atoms with Gasteiger partial charge >= 0.3 is 0 Å². The van der Waals surface area contributed by atoms with Crippen LogP contribution in [0.5, 0.6) is 0 Å². The molecule has 0 spiro atoms. The quantitative estimate of drug-likeness (QED) is 0.386. The van der Waals surface area contributed by atoms with Crippen molar-refractivity contribution in [2.75, 3.05) is 10.5 Å². The fraction of sp³-hybridized carbons (Fsp3) is 0.238. The molecular weight excluding hydrogens is 473 g/mol. The molecule has 1 aromatic carbocycles. The average molecular weight is 492 g/mol. The number of thiophene rings is 1. The molecule has 0 amide bonds. The predicted octanol–water partition coefficient (Wildman–Crippen LogP) is 5.45. The summed E-state index contributed by atoms with van der Waals surface area (Å²) in [7, 11) is -3.94. The maximum atomic E-state index is 15.0. The lowest BCUT2D eigenvalue weighted by molar-refractivity contribution is 0.532. The highest BCUT2D eigenvalue weighted by molar-refractivity contribution is 7.94. The summed E-state index contributed by atoms with van der Waals surface area (Å²) in [6.07, 6.45) is 7.78. The fourth-order valence-electron chi connectivity index (χ4n) is 4.19. The molecule has 11 heteroatoms. The molecule has 32 heavy (non-hydrogen) atoms. The smallest absolute Gasteiger partial charge is 0.271 e. The van der Waals surface area contributed by atoms with E-state index in [2.05, 4.69) is 19.3 Å². The van der Waals surface area contributed by atoms with E-state index in [4.69, 9.17) is 17.3 Å². The topological polar surface area (TPSA) is 103 Å². The Hall–Kier alpha value is -2.69. The van der Waals surface area contributed by atoms with E-state index in [-0.39, 0.29) is 9.90 Å². The molecule has 0 radical (unpaired) electrons. The zero-order chi connectivity index (χ0) is 22.5. The Bertz CT molecular complexity index is 1430. The van der Waals surface area contributed by atoms with E-state index in [9.17, 15) is 12.8 Å². The van der Waals surface area contributed by atoms with E-state index in [0.29, 0.717) is 32.7 Å². The number of aromatic nitrogens is 3. The number of rotatable bonds is 5. The van der Waals surface area contributed by atoms with Crippen LogP contribution in [-0.2, 0) is 10.0 Å². The molecule has 1 saturated carbocycles. The minimum Gasteiger partial charge on any atom is -0.383 e. The van der Waals surface area contributed by atoms with Crippen molar-refractivity contribution in [2.45, 2.75) is 35.9 Å². The highest BCUT2D eigenvalue weighted by Crippen LogP contribution is 2.39. The summed E-state index contributed by atoms with van der Waals surface area (Å²) in [5, 5.41) is 0.667. The van der Waals surface area contributed by atoms with Crippen LogP contribution >= 0.6 is 22.9 Å². The molecule has 1 fully saturated rings. The van der Waals surface area contributed by atoms with Gasteiger partial charge in [-0.1, -0.05) is 30.5 Å². The van der Waals surface area contributed by atoms with E-state index >= 15 is 0 Å². The third-order valence-corrected chi connectivity index (χ3v) is 8.78. The fourth-order valence-corrected chi connectivity index (χ4v) is 6.74. The second kappa shape index (κ2) is 8.02. The van der Waals surface area contributed by atoms with E-state index < -0.39 is 15.8 Å². The van der Waals surface area contributed by atoms with Gasteiger partial charge in [0.15, 0.2) is 0 Å². The zero-order valence-corrected chi connectivity index (χ0v) is 19.1. The summed E-state index contributed by atoms with van der Waals surface area (Å²) in [5.41, 5.74) is 8.01. The Morgan fingerprint density at radius 3 is 2.66 bits per heavy atom. The van der Waals surface area contributed by atoms with Gasteiger partial charge in [0.25, 0.3) is 10.0 Å². The number of fused-ring (bicyclic) bond motifs is 1. The number of nitrogens with one attached hydrogen (secondary N) is 1. The lowest BCUT2D eigenvalue weighted by atomic mass is 10.1. The largest absolute Gasteiger partial charge is 0.383 e. The van der Waals surface area contributed by atoms with Crippen LogP contribution in [0.15, 0.2) is 47.1 Å². The standard InChI is InChI=1S/C21H19ClFN5O2S2/c22-17-7-8-18(31-17)32(29,30)27-16-6-5-12(9-15(16)23)14-10-28(13-3-1-2-4-13)21-19(14)20(24)25-11-26-21/h5-11,13,27H,1-4H2,(H2,24,25,26). The molecule has 4 aromatic rings. The average Bonchev–Trinajstić information content (AvgIpc) is 3.49. The molecule has 3 N–H and O–H groups in total. The summed E-state index contributed by atoms with van der Waals surface area (Å²) in [6.45, 7) is 0. The van der Waals surface area contributed by atoms with Crippen molar-refractivity contribution >= 4 is 55.5 Å².